The number of aryl methyl sites for hydroxylation is 2. The molecule has 0 saturated heterocycles. The van der Waals surface area contributed by atoms with Crippen LogP contribution in [0.1, 0.15) is 18.1 Å². The molecule has 7 nitrogen and oxygen atoms in total. The van der Waals surface area contributed by atoms with Crippen LogP contribution in [0.5, 0.6) is 0 Å². The van der Waals surface area contributed by atoms with Crippen molar-refractivity contribution in [3.8, 4) is 0 Å². The standard InChI is InChI=1S/C24H24ClN5O2/c1-15-12-28(19-11-7-4-8-16(19)2)23-26-21-20(29(23)13-15)22(31)30(24(32)27(21)3)14-17-9-5-6-10-18(17)25/h4-11,15H,12-14H2,1-3H3/t15-/m1/s1. The molecule has 0 bridgehead atoms. The zero-order chi connectivity index (χ0) is 22.6. The molecule has 2 aromatic heterocycles. The van der Waals surface area contributed by atoms with Crippen LogP contribution in [-0.4, -0.2) is 25.2 Å². The molecular formula is C24H24ClN5O2. The van der Waals surface area contributed by atoms with Crippen LogP contribution in [0.4, 0.5) is 11.6 Å². The van der Waals surface area contributed by atoms with Crippen LogP contribution in [0.3, 0.4) is 0 Å². The zero-order valence-corrected chi connectivity index (χ0v) is 19.0. The van der Waals surface area contributed by atoms with Crippen LogP contribution in [-0.2, 0) is 20.1 Å². The monoisotopic (exact) mass is 449 g/mol. The average molecular weight is 450 g/mol. The first-order valence-corrected chi connectivity index (χ1v) is 11.0. The summed E-state index contributed by atoms with van der Waals surface area (Å²) in [5, 5.41) is 0.524. The van der Waals surface area contributed by atoms with E-state index in [2.05, 4.69) is 30.9 Å². The van der Waals surface area contributed by atoms with Gasteiger partial charge in [0.25, 0.3) is 5.56 Å². The Balaban J connectivity index is 1.75. The Morgan fingerprint density at radius 1 is 1.06 bits per heavy atom. The van der Waals surface area contributed by atoms with Gasteiger partial charge in [-0.2, -0.15) is 4.98 Å². The summed E-state index contributed by atoms with van der Waals surface area (Å²) in [6, 6.07) is 15.4. The fourth-order valence-corrected chi connectivity index (χ4v) is 4.71. The molecule has 2 aromatic carbocycles. The smallest absolute Gasteiger partial charge is 0.311 e. The Morgan fingerprint density at radius 3 is 2.53 bits per heavy atom. The van der Waals surface area contributed by atoms with Crippen molar-refractivity contribution in [2.45, 2.75) is 26.9 Å². The minimum atomic E-state index is -0.409. The fraction of sp³-hybridized carbons (Fsp3) is 0.292. The molecule has 0 amide bonds. The number of aromatic nitrogens is 4. The lowest BCUT2D eigenvalue weighted by molar-refractivity contribution is 0.457. The van der Waals surface area contributed by atoms with Crippen molar-refractivity contribution < 1.29 is 0 Å². The molecule has 8 heteroatoms. The van der Waals surface area contributed by atoms with E-state index < -0.39 is 5.69 Å². The number of rotatable bonds is 3. The van der Waals surface area contributed by atoms with Gasteiger partial charge >= 0.3 is 5.69 Å². The molecule has 4 aromatic rings. The van der Waals surface area contributed by atoms with E-state index in [4.69, 9.17) is 16.6 Å². The molecule has 0 N–H and O–H groups in total. The molecule has 5 rings (SSSR count). The molecule has 0 spiro atoms. The molecule has 0 fully saturated rings. The molecule has 1 atom stereocenters. The third kappa shape index (κ3) is 3.15. The number of nitrogens with zero attached hydrogens (tertiary/aromatic N) is 5. The highest BCUT2D eigenvalue weighted by Crippen LogP contribution is 2.34. The molecular weight excluding hydrogens is 426 g/mol. The maximum Gasteiger partial charge on any atom is 0.332 e. The minimum absolute atomic E-state index is 0.110. The largest absolute Gasteiger partial charge is 0.332 e. The van der Waals surface area contributed by atoms with Gasteiger partial charge in [0.1, 0.15) is 0 Å². The summed E-state index contributed by atoms with van der Waals surface area (Å²) in [6.45, 7) is 5.78. The van der Waals surface area contributed by atoms with Gasteiger partial charge in [-0.3, -0.25) is 13.9 Å². The molecule has 0 radical (unpaired) electrons. The van der Waals surface area contributed by atoms with Gasteiger partial charge in [0.2, 0.25) is 5.95 Å². The first-order chi connectivity index (χ1) is 15.4. The minimum Gasteiger partial charge on any atom is -0.311 e. The van der Waals surface area contributed by atoms with Gasteiger partial charge in [0.15, 0.2) is 11.2 Å². The second-order valence-corrected chi connectivity index (χ2v) is 8.93. The van der Waals surface area contributed by atoms with Gasteiger partial charge in [0, 0.05) is 30.8 Å². The second kappa shape index (κ2) is 7.67. The van der Waals surface area contributed by atoms with Crippen molar-refractivity contribution in [2.24, 2.45) is 13.0 Å². The molecule has 1 aliphatic rings. The van der Waals surface area contributed by atoms with Crippen LogP contribution in [0.2, 0.25) is 5.02 Å². The number of halogens is 1. The van der Waals surface area contributed by atoms with E-state index in [-0.39, 0.29) is 12.1 Å². The molecule has 164 valence electrons. The molecule has 0 unspecified atom stereocenters. The van der Waals surface area contributed by atoms with Gasteiger partial charge in [-0.15, -0.1) is 0 Å². The van der Waals surface area contributed by atoms with Crippen molar-refractivity contribution >= 4 is 34.4 Å². The van der Waals surface area contributed by atoms with E-state index in [1.54, 1.807) is 13.1 Å². The predicted octanol–water partition coefficient (Wildman–Crippen LogP) is 3.69. The first kappa shape index (κ1) is 20.6. The van der Waals surface area contributed by atoms with Gasteiger partial charge in [-0.05, 0) is 36.1 Å². The average Bonchev–Trinajstić information content (AvgIpc) is 3.16. The van der Waals surface area contributed by atoms with E-state index in [1.165, 1.54) is 9.13 Å². The lowest BCUT2D eigenvalue weighted by Gasteiger charge is -2.33. The Bertz CT molecular complexity index is 1470. The highest BCUT2D eigenvalue weighted by molar-refractivity contribution is 6.31. The zero-order valence-electron chi connectivity index (χ0n) is 18.2. The molecule has 1 aliphatic heterocycles. The SMILES string of the molecule is Cc1ccccc1N1C[C@@H](C)Cn2c1nc1c2c(=O)n(Cc2ccccc2Cl)c(=O)n1C. The third-order valence-corrected chi connectivity index (χ3v) is 6.50. The highest BCUT2D eigenvalue weighted by Gasteiger charge is 2.30. The van der Waals surface area contributed by atoms with Gasteiger partial charge in [-0.25, -0.2) is 4.79 Å². The van der Waals surface area contributed by atoms with E-state index >= 15 is 0 Å². The van der Waals surface area contributed by atoms with Gasteiger partial charge < -0.3 is 9.47 Å². The van der Waals surface area contributed by atoms with Crippen LogP contribution < -0.4 is 16.1 Å². The maximum atomic E-state index is 13.6. The molecule has 0 saturated carbocycles. The fourth-order valence-electron chi connectivity index (χ4n) is 4.51. The van der Waals surface area contributed by atoms with Crippen LogP contribution in [0.15, 0.2) is 58.1 Å². The van der Waals surface area contributed by atoms with Crippen LogP contribution >= 0.6 is 11.6 Å². The highest BCUT2D eigenvalue weighted by atomic mass is 35.5. The summed E-state index contributed by atoms with van der Waals surface area (Å²) in [5.74, 6) is 0.989. The van der Waals surface area contributed by atoms with Crippen LogP contribution in [0.25, 0.3) is 11.2 Å². The number of anilines is 2. The summed E-state index contributed by atoms with van der Waals surface area (Å²) in [5.41, 5.74) is 2.99. The van der Waals surface area contributed by atoms with E-state index in [9.17, 15) is 9.59 Å². The van der Waals surface area contributed by atoms with E-state index in [0.29, 0.717) is 34.6 Å². The normalized spacial score (nSPS) is 15.9. The van der Waals surface area contributed by atoms with Crippen molar-refractivity contribution in [3.63, 3.8) is 0 Å². The lowest BCUT2D eigenvalue weighted by atomic mass is 10.1. The van der Waals surface area contributed by atoms with Gasteiger partial charge in [0.05, 0.1) is 6.54 Å². The summed E-state index contributed by atoms with van der Waals surface area (Å²) < 4.78 is 4.66. The quantitative estimate of drug-likeness (QED) is 0.478. The second-order valence-electron chi connectivity index (χ2n) is 8.52. The van der Waals surface area contributed by atoms with Crippen molar-refractivity contribution in [1.29, 1.82) is 0 Å². The van der Waals surface area contributed by atoms with Crippen molar-refractivity contribution in [3.05, 3.63) is 85.5 Å². The first-order valence-electron chi connectivity index (χ1n) is 10.6. The Labute approximate surface area is 190 Å². The topological polar surface area (TPSA) is 65.1 Å². The third-order valence-electron chi connectivity index (χ3n) is 6.13. The number of hydrogen-bond acceptors (Lipinski definition) is 4. The molecule has 0 aliphatic carbocycles. The Morgan fingerprint density at radius 2 is 1.78 bits per heavy atom. The molecule has 3 heterocycles. The lowest BCUT2D eigenvalue weighted by Crippen LogP contribution is -2.40. The summed E-state index contributed by atoms with van der Waals surface area (Å²) in [6.07, 6.45) is 0. The Hall–Kier alpha value is -3.32. The summed E-state index contributed by atoms with van der Waals surface area (Å²) >= 11 is 6.30. The number of hydrogen-bond donors (Lipinski definition) is 0. The maximum absolute atomic E-state index is 13.6. The summed E-state index contributed by atoms with van der Waals surface area (Å²) in [7, 11) is 1.66. The number of imidazole rings is 1. The number of para-hydroxylation sites is 1. The van der Waals surface area contributed by atoms with Crippen molar-refractivity contribution in [1.82, 2.24) is 18.7 Å². The predicted molar refractivity (Wildman–Crippen MR) is 127 cm³/mol. The summed E-state index contributed by atoms with van der Waals surface area (Å²) in [4.78, 5) is 33.6. The van der Waals surface area contributed by atoms with Gasteiger partial charge in [-0.1, -0.05) is 54.9 Å². The Kier molecular flexibility index (Phi) is 4.93. The number of benzene rings is 2. The van der Waals surface area contributed by atoms with E-state index in [1.807, 2.05) is 34.9 Å². The number of fused-ring (bicyclic) bond motifs is 3. The molecule has 32 heavy (non-hydrogen) atoms. The van der Waals surface area contributed by atoms with Crippen LogP contribution in [0, 0.1) is 12.8 Å². The van der Waals surface area contributed by atoms with Crippen molar-refractivity contribution in [2.75, 3.05) is 11.4 Å². The van der Waals surface area contributed by atoms with E-state index in [0.717, 1.165) is 23.4 Å².